The van der Waals surface area contributed by atoms with Crippen molar-refractivity contribution in [2.75, 3.05) is 18.5 Å². The summed E-state index contributed by atoms with van der Waals surface area (Å²) >= 11 is 0. The molecule has 1 fully saturated rings. The van der Waals surface area contributed by atoms with Gasteiger partial charge in [-0.15, -0.1) is 0 Å². The third kappa shape index (κ3) is 5.03. The number of ether oxygens (including phenoxy) is 3. The molecule has 1 amide bonds. The lowest BCUT2D eigenvalue weighted by Gasteiger charge is -2.21. The summed E-state index contributed by atoms with van der Waals surface area (Å²) in [6.45, 7) is 0.695. The van der Waals surface area contributed by atoms with Gasteiger partial charge in [-0.25, -0.2) is 8.42 Å². The second kappa shape index (κ2) is 8.79. The molecule has 2 aliphatic rings. The van der Waals surface area contributed by atoms with E-state index < -0.39 is 40.8 Å². The van der Waals surface area contributed by atoms with E-state index in [1.54, 1.807) is 30.3 Å². The predicted molar refractivity (Wildman–Crippen MR) is 115 cm³/mol. The Morgan fingerprint density at radius 1 is 1.03 bits per heavy atom. The summed E-state index contributed by atoms with van der Waals surface area (Å²) < 4.78 is 43.3. The van der Waals surface area contributed by atoms with Gasteiger partial charge in [-0.3, -0.25) is 9.59 Å². The molecule has 170 valence electrons. The molecule has 9 nitrogen and oxygen atoms in total. The number of carbonyl (C=O) groups excluding carboxylic acids is 2. The zero-order valence-corrected chi connectivity index (χ0v) is 18.4. The lowest BCUT2D eigenvalue weighted by atomic mass is 10.2. The predicted octanol–water partition coefficient (Wildman–Crippen LogP) is 2.50. The van der Waals surface area contributed by atoms with Crippen LogP contribution in [0.25, 0.3) is 0 Å². The fourth-order valence-electron chi connectivity index (χ4n) is 3.64. The molecule has 1 aliphatic heterocycles. The fourth-order valence-corrected chi connectivity index (χ4v) is 4.61. The number of benzene rings is 2. The number of esters is 1. The first-order chi connectivity index (χ1) is 15.2. The van der Waals surface area contributed by atoms with Gasteiger partial charge in [0.05, 0.1) is 4.90 Å². The van der Waals surface area contributed by atoms with Gasteiger partial charge < -0.3 is 19.5 Å². The number of anilines is 1. The van der Waals surface area contributed by atoms with Crippen LogP contribution in [-0.2, 0) is 24.3 Å². The Labute approximate surface area is 186 Å². The van der Waals surface area contributed by atoms with E-state index in [0.717, 1.165) is 31.2 Å². The molecule has 0 saturated heterocycles. The van der Waals surface area contributed by atoms with Gasteiger partial charge in [0.25, 0.3) is 11.7 Å². The SMILES string of the molecule is Cc1ccc(S(=O)(=O)NCC(=O)OCC(=O)Nc2ccc3c(c2)OC2(CCCC2)O3)cc1. The van der Waals surface area contributed by atoms with E-state index in [1.165, 1.54) is 12.1 Å². The normalized spacial score (nSPS) is 16.2. The van der Waals surface area contributed by atoms with Crippen LogP contribution in [0.3, 0.4) is 0 Å². The highest BCUT2D eigenvalue weighted by Crippen LogP contribution is 2.47. The number of amides is 1. The Bertz CT molecular complexity index is 1120. The van der Waals surface area contributed by atoms with Crippen molar-refractivity contribution in [1.29, 1.82) is 0 Å². The third-order valence-electron chi connectivity index (χ3n) is 5.29. The van der Waals surface area contributed by atoms with E-state index >= 15 is 0 Å². The Kier molecular flexibility index (Phi) is 6.07. The van der Waals surface area contributed by atoms with Crippen molar-refractivity contribution in [2.24, 2.45) is 0 Å². The molecule has 0 aromatic heterocycles. The van der Waals surface area contributed by atoms with E-state index in [4.69, 9.17) is 14.2 Å². The molecule has 0 unspecified atom stereocenters. The van der Waals surface area contributed by atoms with Gasteiger partial charge in [0.2, 0.25) is 10.0 Å². The van der Waals surface area contributed by atoms with Crippen LogP contribution >= 0.6 is 0 Å². The summed E-state index contributed by atoms with van der Waals surface area (Å²) in [6, 6.07) is 11.3. The molecule has 1 heterocycles. The Morgan fingerprint density at radius 2 is 1.72 bits per heavy atom. The molecule has 1 saturated carbocycles. The van der Waals surface area contributed by atoms with E-state index in [9.17, 15) is 18.0 Å². The van der Waals surface area contributed by atoms with E-state index in [1.807, 2.05) is 6.92 Å². The smallest absolute Gasteiger partial charge is 0.321 e. The first-order valence-electron chi connectivity index (χ1n) is 10.3. The third-order valence-corrected chi connectivity index (χ3v) is 6.70. The quantitative estimate of drug-likeness (QED) is 0.609. The number of nitrogens with one attached hydrogen (secondary N) is 2. The lowest BCUT2D eigenvalue weighted by Crippen LogP contribution is -2.34. The Hall–Kier alpha value is -3.11. The number of hydrogen-bond acceptors (Lipinski definition) is 7. The highest BCUT2D eigenvalue weighted by molar-refractivity contribution is 7.89. The molecule has 2 aromatic rings. The average molecular weight is 461 g/mol. The van der Waals surface area contributed by atoms with Crippen molar-refractivity contribution in [3.05, 3.63) is 48.0 Å². The van der Waals surface area contributed by atoms with Crippen LogP contribution in [0.5, 0.6) is 11.5 Å². The number of rotatable bonds is 7. The van der Waals surface area contributed by atoms with E-state index in [0.29, 0.717) is 17.2 Å². The van der Waals surface area contributed by atoms with Crippen LogP contribution in [0.4, 0.5) is 5.69 Å². The standard InChI is InChI=1S/C22H24N2O7S/c1-15-4-7-17(8-5-15)32(27,28)23-13-21(26)29-14-20(25)24-16-6-9-18-19(12-16)31-22(30-18)10-2-3-11-22/h4-9,12,23H,2-3,10-11,13-14H2,1H3,(H,24,25). The van der Waals surface area contributed by atoms with Crippen LogP contribution in [0.2, 0.25) is 0 Å². The van der Waals surface area contributed by atoms with Gasteiger partial charge in [-0.2, -0.15) is 4.72 Å². The zero-order chi connectivity index (χ0) is 22.8. The minimum atomic E-state index is -3.85. The number of sulfonamides is 1. The number of carbonyl (C=O) groups is 2. The summed E-state index contributed by atoms with van der Waals surface area (Å²) in [6.07, 6.45) is 3.74. The van der Waals surface area contributed by atoms with Crippen LogP contribution < -0.4 is 19.5 Å². The summed E-state index contributed by atoms with van der Waals surface area (Å²) in [5.74, 6) is -0.824. The molecule has 2 N–H and O–H groups in total. The molecular formula is C22H24N2O7S. The van der Waals surface area contributed by atoms with E-state index in [-0.39, 0.29) is 4.90 Å². The highest BCUT2D eigenvalue weighted by atomic mass is 32.2. The van der Waals surface area contributed by atoms with Crippen molar-refractivity contribution < 1.29 is 32.2 Å². The molecule has 0 atom stereocenters. The van der Waals surface area contributed by atoms with E-state index in [2.05, 4.69) is 10.0 Å². The van der Waals surface area contributed by atoms with Gasteiger partial charge in [0.15, 0.2) is 18.1 Å². The summed E-state index contributed by atoms with van der Waals surface area (Å²) in [5, 5.41) is 2.62. The molecule has 32 heavy (non-hydrogen) atoms. The van der Waals surface area contributed by atoms with Gasteiger partial charge in [-0.1, -0.05) is 17.7 Å². The number of hydrogen-bond donors (Lipinski definition) is 2. The average Bonchev–Trinajstić information content (AvgIpc) is 3.36. The first-order valence-corrected chi connectivity index (χ1v) is 11.8. The minimum Gasteiger partial charge on any atom is -0.455 e. The van der Waals surface area contributed by atoms with Crippen molar-refractivity contribution in [3.63, 3.8) is 0 Å². The maximum absolute atomic E-state index is 12.2. The molecule has 1 spiro atoms. The molecule has 10 heteroatoms. The van der Waals surface area contributed by atoms with Gasteiger partial charge >= 0.3 is 5.97 Å². The minimum absolute atomic E-state index is 0.0378. The Morgan fingerprint density at radius 3 is 2.44 bits per heavy atom. The second-order valence-corrected chi connectivity index (χ2v) is 9.60. The van der Waals surface area contributed by atoms with Crippen LogP contribution in [0.1, 0.15) is 31.2 Å². The van der Waals surface area contributed by atoms with Gasteiger partial charge in [-0.05, 0) is 44.0 Å². The Balaban J connectivity index is 1.24. The van der Waals surface area contributed by atoms with Gasteiger partial charge in [0, 0.05) is 24.6 Å². The van der Waals surface area contributed by atoms with Crippen LogP contribution in [0, 0.1) is 6.92 Å². The maximum atomic E-state index is 12.2. The molecule has 0 radical (unpaired) electrons. The lowest BCUT2D eigenvalue weighted by molar-refractivity contribution is -0.146. The molecule has 1 aliphatic carbocycles. The molecular weight excluding hydrogens is 436 g/mol. The van der Waals surface area contributed by atoms with Crippen molar-refractivity contribution in [2.45, 2.75) is 43.3 Å². The summed E-state index contributed by atoms with van der Waals surface area (Å²) in [5.41, 5.74) is 1.39. The molecule has 0 bridgehead atoms. The first kappa shape index (κ1) is 22.1. The van der Waals surface area contributed by atoms with Crippen molar-refractivity contribution in [1.82, 2.24) is 4.72 Å². The topological polar surface area (TPSA) is 120 Å². The number of aryl methyl sites for hydroxylation is 1. The molecule has 4 rings (SSSR count). The fraction of sp³-hybridized carbons (Fsp3) is 0.364. The number of fused-ring (bicyclic) bond motifs is 1. The van der Waals surface area contributed by atoms with Crippen molar-refractivity contribution in [3.8, 4) is 11.5 Å². The zero-order valence-electron chi connectivity index (χ0n) is 17.6. The summed E-state index contributed by atoms with van der Waals surface area (Å²) in [4.78, 5) is 24.0. The van der Waals surface area contributed by atoms with Gasteiger partial charge in [0.1, 0.15) is 6.54 Å². The van der Waals surface area contributed by atoms with Crippen molar-refractivity contribution >= 4 is 27.6 Å². The second-order valence-electron chi connectivity index (χ2n) is 7.83. The highest BCUT2D eigenvalue weighted by Gasteiger charge is 2.44. The monoisotopic (exact) mass is 460 g/mol. The van der Waals surface area contributed by atoms with Crippen LogP contribution in [-0.4, -0.2) is 39.2 Å². The molecule has 2 aromatic carbocycles. The summed E-state index contributed by atoms with van der Waals surface area (Å²) in [7, 11) is -3.85. The maximum Gasteiger partial charge on any atom is 0.321 e. The largest absolute Gasteiger partial charge is 0.455 e. The van der Waals surface area contributed by atoms with Crippen LogP contribution in [0.15, 0.2) is 47.4 Å².